The highest BCUT2D eigenvalue weighted by Gasteiger charge is 2.35. The summed E-state index contributed by atoms with van der Waals surface area (Å²) in [6.45, 7) is 9.95. The second kappa shape index (κ2) is 3.79. The topological polar surface area (TPSA) is 43.8 Å². The molecule has 0 spiro atoms. The third kappa shape index (κ3) is 1.83. The van der Waals surface area contributed by atoms with Gasteiger partial charge in [-0.1, -0.05) is 27.7 Å². The van der Waals surface area contributed by atoms with E-state index < -0.39 is 0 Å². The van der Waals surface area contributed by atoms with Crippen LogP contribution in [0.15, 0.2) is 0 Å². The van der Waals surface area contributed by atoms with Gasteiger partial charge in [0.1, 0.15) is 5.82 Å². The number of rotatable bonds is 3. The lowest BCUT2D eigenvalue weighted by atomic mass is 9.87. The van der Waals surface area contributed by atoms with Gasteiger partial charge in [0, 0.05) is 12.1 Å². The number of nitrogens with zero attached hydrogens (tertiary/aromatic N) is 2. The molecule has 90 valence electrons. The van der Waals surface area contributed by atoms with Gasteiger partial charge in [-0.05, 0) is 30.6 Å². The predicted molar refractivity (Wildman–Crippen MR) is 67.4 cm³/mol. The van der Waals surface area contributed by atoms with Crippen LogP contribution >= 0.6 is 0 Å². The molecule has 0 saturated heterocycles. The summed E-state index contributed by atoms with van der Waals surface area (Å²) >= 11 is 0. The monoisotopic (exact) mass is 221 g/mol. The maximum absolute atomic E-state index is 6.22. The van der Waals surface area contributed by atoms with Crippen molar-refractivity contribution in [2.24, 2.45) is 5.92 Å². The zero-order chi connectivity index (χ0) is 11.9. The fraction of sp³-hybridized carbons (Fsp3) is 0.769. The average Bonchev–Trinajstić information content (AvgIpc) is 2.64. The number of aryl methyl sites for hydroxylation is 2. The number of hydrogen-bond donors (Lipinski definition) is 1. The number of nitrogen functional groups attached to an aromatic ring is 1. The van der Waals surface area contributed by atoms with E-state index in [1.165, 1.54) is 17.7 Å². The molecular weight excluding hydrogens is 198 g/mol. The molecule has 3 nitrogen and oxygen atoms in total. The zero-order valence-corrected chi connectivity index (χ0v) is 10.9. The van der Waals surface area contributed by atoms with Crippen LogP contribution in [0.1, 0.15) is 51.8 Å². The Kier molecular flexibility index (Phi) is 2.72. The van der Waals surface area contributed by atoms with E-state index >= 15 is 0 Å². The minimum atomic E-state index is 0.218. The summed E-state index contributed by atoms with van der Waals surface area (Å²) in [6, 6.07) is 0. The second-order valence-corrected chi connectivity index (χ2v) is 6.00. The third-order valence-corrected chi connectivity index (χ3v) is 3.65. The lowest BCUT2D eigenvalue weighted by Crippen LogP contribution is -2.16. The minimum absolute atomic E-state index is 0.218. The molecule has 0 atom stereocenters. The summed E-state index contributed by atoms with van der Waals surface area (Å²) in [4.78, 5) is 0. The average molecular weight is 221 g/mol. The van der Waals surface area contributed by atoms with Crippen LogP contribution in [0.3, 0.4) is 0 Å². The molecule has 0 bridgehead atoms. The van der Waals surface area contributed by atoms with Crippen molar-refractivity contribution >= 4 is 5.82 Å². The van der Waals surface area contributed by atoms with Crippen molar-refractivity contribution in [3.8, 4) is 0 Å². The normalized spacial score (nSPS) is 18.1. The highest BCUT2D eigenvalue weighted by molar-refractivity contribution is 5.51. The smallest absolute Gasteiger partial charge is 0.125 e. The van der Waals surface area contributed by atoms with Gasteiger partial charge in [0.2, 0.25) is 0 Å². The first-order valence-electron chi connectivity index (χ1n) is 6.27. The Labute approximate surface area is 98.0 Å². The summed E-state index contributed by atoms with van der Waals surface area (Å²) < 4.78 is 2.01. The van der Waals surface area contributed by atoms with E-state index in [2.05, 4.69) is 32.8 Å². The molecule has 0 amide bonds. The molecule has 1 aliphatic carbocycles. The third-order valence-electron chi connectivity index (χ3n) is 3.65. The van der Waals surface area contributed by atoms with E-state index in [0.29, 0.717) is 5.92 Å². The van der Waals surface area contributed by atoms with E-state index in [1.54, 1.807) is 0 Å². The van der Waals surface area contributed by atoms with E-state index in [-0.39, 0.29) is 5.41 Å². The van der Waals surface area contributed by atoms with Crippen LogP contribution in [0.4, 0.5) is 5.82 Å². The van der Waals surface area contributed by atoms with Crippen molar-refractivity contribution < 1.29 is 0 Å². The summed E-state index contributed by atoms with van der Waals surface area (Å²) in [6.07, 6.45) is 3.41. The number of aromatic nitrogens is 2. The first-order chi connectivity index (χ1) is 7.42. The highest BCUT2D eigenvalue weighted by atomic mass is 15.3. The minimum Gasteiger partial charge on any atom is -0.384 e. The van der Waals surface area contributed by atoms with Gasteiger partial charge in [0.05, 0.1) is 5.69 Å². The quantitative estimate of drug-likeness (QED) is 0.853. The molecule has 0 fully saturated rings. The van der Waals surface area contributed by atoms with Gasteiger partial charge in [-0.3, -0.25) is 0 Å². The standard InChI is InChI=1S/C13H23N3/c1-9(2)6-8-16-12(14)11-10(15-16)5-7-13(11,3)4/h9H,5-8,14H2,1-4H3. The van der Waals surface area contributed by atoms with Crippen LogP contribution in [-0.2, 0) is 18.4 Å². The molecule has 1 aliphatic rings. The van der Waals surface area contributed by atoms with Gasteiger partial charge in [0.25, 0.3) is 0 Å². The van der Waals surface area contributed by atoms with Crippen molar-refractivity contribution in [3.05, 3.63) is 11.3 Å². The Bertz CT molecular complexity index is 388. The second-order valence-electron chi connectivity index (χ2n) is 6.00. The molecule has 0 aliphatic heterocycles. The van der Waals surface area contributed by atoms with E-state index in [4.69, 9.17) is 5.73 Å². The fourth-order valence-corrected chi connectivity index (χ4v) is 2.55. The van der Waals surface area contributed by atoms with Crippen molar-refractivity contribution in [3.63, 3.8) is 0 Å². The maximum Gasteiger partial charge on any atom is 0.125 e. The van der Waals surface area contributed by atoms with Crippen molar-refractivity contribution in [1.82, 2.24) is 9.78 Å². The SMILES string of the molecule is CC(C)CCn1nc2c(c1N)C(C)(C)CC2. The van der Waals surface area contributed by atoms with Crippen LogP contribution in [0.25, 0.3) is 0 Å². The lowest BCUT2D eigenvalue weighted by molar-refractivity contribution is 0.477. The van der Waals surface area contributed by atoms with Crippen LogP contribution in [0.2, 0.25) is 0 Å². The van der Waals surface area contributed by atoms with Gasteiger partial charge in [0.15, 0.2) is 0 Å². The lowest BCUT2D eigenvalue weighted by Gasteiger charge is -2.18. The molecular formula is C13H23N3. The van der Waals surface area contributed by atoms with Gasteiger partial charge in [-0.15, -0.1) is 0 Å². The fourth-order valence-electron chi connectivity index (χ4n) is 2.55. The first kappa shape index (κ1) is 11.5. The molecule has 3 heteroatoms. The Morgan fingerprint density at radius 2 is 2.12 bits per heavy atom. The molecule has 0 unspecified atom stereocenters. The Hall–Kier alpha value is -0.990. The largest absolute Gasteiger partial charge is 0.384 e. The summed E-state index contributed by atoms with van der Waals surface area (Å²) in [5.74, 6) is 1.60. The predicted octanol–water partition coefficient (Wildman–Crippen LogP) is 2.74. The molecule has 0 aromatic carbocycles. The zero-order valence-electron chi connectivity index (χ0n) is 10.9. The molecule has 2 N–H and O–H groups in total. The van der Waals surface area contributed by atoms with E-state index in [1.807, 2.05) is 4.68 Å². The Morgan fingerprint density at radius 1 is 1.44 bits per heavy atom. The number of anilines is 1. The van der Waals surface area contributed by atoms with Gasteiger partial charge < -0.3 is 5.73 Å². The van der Waals surface area contributed by atoms with Gasteiger partial charge >= 0.3 is 0 Å². The van der Waals surface area contributed by atoms with Crippen LogP contribution in [-0.4, -0.2) is 9.78 Å². The Balaban J connectivity index is 2.25. The summed E-state index contributed by atoms with van der Waals surface area (Å²) in [5.41, 5.74) is 8.96. The van der Waals surface area contributed by atoms with Crippen molar-refractivity contribution in [2.45, 2.75) is 58.9 Å². The summed E-state index contributed by atoms with van der Waals surface area (Å²) in [5, 5.41) is 4.65. The molecule has 1 heterocycles. The van der Waals surface area contributed by atoms with E-state index in [9.17, 15) is 0 Å². The van der Waals surface area contributed by atoms with Gasteiger partial charge in [-0.2, -0.15) is 5.10 Å². The van der Waals surface area contributed by atoms with Crippen molar-refractivity contribution in [1.29, 1.82) is 0 Å². The highest BCUT2D eigenvalue weighted by Crippen LogP contribution is 2.41. The van der Waals surface area contributed by atoms with Crippen LogP contribution in [0.5, 0.6) is 0 Å². The molecule has 0 saturated carbocycles. The summed E-state index contributed by atoms with van der Waals surface area (Å²) in [7, 11) is 0. The maximum atomic E-state index is 6.22. The molecule has 2 rings (SSSR count). The number of nitrogens with two attached hydrogens (primary N) is 1. The Morgan fingerprint density at radius 3 is 2.69 bits per heavy atom. The van der Waals surface area contributed by atoms with Crippen LogP contribution < -0.4 is 5.73 Å². The number of fused-ring (bicyclic) bond motifs is 1. The van der Waals surface area contributed by atoms with Crippen molar-refractivity contribution in [2.75, 3.05) is 5.73 Å². The van der Waals surface area contributed by atoms with Crippen LogP contribution in [0, 0.1) is 5.92 Å². The molecule has 1 aromatic heterocycles. The van der Waals surface area contributed by atoms with E-state index in [0.717, 1.165) is 25.2 Å². The molecule has 0 radical (unpaired) electrons. The number of hydrogen-bond acceptors (Lipinski definition) is 2. The molecule has 1 aromatic rings. The molecule has 16 heavy (non-hydrogen) atoms. The van der Waals surface area contributed by atoms with Gasteiger partial charge in [-0.25, -0.2) is 4.68 Å². The first-order valence-corrected chi connectivity index (χ1v) is 6.27.